The Balaban J connectivity index is 1.94. The summed E-state index contributed by atoms with van der Waals surface area (Å²) in [5, 5.41) is 14.4. The molecule has 1 fully saturated rings. The van der Waals surface area contributed by atoms with Gasteiger partial charge in [0.15, 0.2) is 12.2 Å². The molecule has 5 nitrogen and oxygen atoms in total. The van der Waals surface area contributed by atoms with Crippen molar-refractivity contribution < 1.29 is 31.8 Å². The lowest BCUT2D eigenvalue weighted by Gasteiger charge is -2.37. The number of ether oxygens (including phenoxy) is 1. The molecule has 27 heavy (non-hydrogen) atoms. The number of aliphatic hydroxyl groups is 1. The molecule has 1 aliphatic rings. The molecule has 1 atom stereocenters. The van der Waals surface area contributed by atoms with Gasteiger partial charge in [0, 0.05) is 11.5 Å². The van der Waals surface area contributed by atoms with Crippen molar-refractivity contribution in [3.63, 3.8) is 0 Å². The monoisotopic (exact) mass is 411 g/mol. The normalized spacial score (nSPS) is 17.6. The fourth-order valence-corrected chi connectivity index (χ4v) is 3.12. The van der Waals surface area contributed by atoms with E-state index < -0.39 is 36.8 Å². The average Bonchev–Trinajstić information content (AvgIpc) is 3.32. The summed E-state index contributed by atoms with van der Waals surface area (Å²) < 4.78 is 72.3. The van der Waals surface area contributed by atoms with Gasteiger partial charge in [-0.05, 0) is 25.0 Å². The number of benzene rings is 1. The molecule has 1 aromatic carbocycles. The zero-order valence-electron chi connectivity index (χ0n) is 13.8. The molecule has 1 aliphatic carbocycles. The molecule has 0 amide bonds. The van der Waals surface area contributed by atoms with E-state index in [4.69, 9.17) is 11.6 Å². The highest BCUT2D eigenvalue weighted by molar-refractivity contribution is 6.31. The lowest BCUT2D eigenvalue weighted by atomic mass is 9.84. The highest BCUT2D eigenvalue weighted by atomic mass is 35.5. The van der Waals surface area contributed by atoms with E-state index in [1.54, 1.807) is 0 Å². The molecular formula is C16H15ClF5N3O2. The van der Waals surface area contributed by atoms with Gasteiger partial charge in [-0.15, -0.1) is 0 Å². The summed E-state index contributed by atoms with van der Waals surface area (Å²) >= 11 is 6.04. The Kier molecular flexibility index (Phi) is 5.06. The summed E-state index contributed by atoms with van der Waals surface area (Å²) in [4.78, 5) is 3.66. The van der Waals surface area contributed by atoms with E-state index in [-0.39, 0.29) is 29.2 Å². The minimum atomic E-state index is -4.56. The van der Waals surface area contributed by atoms with E-state index in [0.29, 0.717) is 0 Å². The molecule has 1 aromatic heterocycles. The van der Waals surface area contributed by atoms with Crippen LogP contribution >= 0.6 is 11.6 Å². The number of hydrogen-bond donors (Lipinski definition) is 1. The molecule has 1 heterocycles. The molecular weight excluding hydrogens is 397 g/mol. The van der Waals surface area contributed by atoms with Crippen LogP contribution in [0.3, 0.4) is 0 Å². The van der Waals surface area contributed by atoms with E-state index in [1.807, 2.05) is 0 Å². The molecule has 1 saturated carbocycles. The first-order chi connectivity index (χ1) is 12.5. The summed E-state index contributed by atoms with van der Waals surface area (Å²) in [6.45, 7) is -2.18. The quantitative estimate of drug-likeness (QED) is 0.704. The van der Waals surface area contributed by atoms with Crippen LogP contribution in [0.2, 0.25) is 5.02 Å². The van der Waals surface area contributed by atoms with E-state index in [9.17, 15) is 27.1 Å². The Morgan fingerprint density at radius 1 is 1.22 bits per heavy atom. The molecule has 1 N–H and O–H groups in total. The zero-order valence-corrected chi connectivity index (χ0v) is 14.5. The molecule has 11 heteroatoms. The number of halogens is 6. The third kappa shape index (κ3) is 4.16. The van der Waals surface area contributed by atoms with Crippen molar-refractivity contribution in [2.45, 2.75) is 37.1 Å². The first-order valence-electron chi connectivity index (χ1n) is 7.95. The summed E-state index contributed by atoms with van der Waals surface area (Å²) in [6, 6.07) is 3.07. The van der Waals surface area contributed by atoms with Gasteiger partial charge in [-0.3, -0.25) is 0 Å². The fraction of sp³-hybridized carbons (Fsp3) is 0.500. The molecule has 2 aromatic rings. The molecule has 1 unspecified atom stereocenters. The van der Waals surface area contributed by atoms with E-state index in [2.05, 4.69) is 14.8 Å². The topological polar surface area (TPSA) is 60.2 Å². The van der Waals surface area contributed by atoms with Gasteiger partial charge in [0.1, 0.15) is 18.4 Å². The van der Waals surface area contributed by atoms with Crippen molar-refractivity contribution in [3.8, 4) is 5.75 Å². The molecule has 0 aliphatic heterocycles. The minimum Gasteiger partial charge on any atom is -0.484 e. The maximum Gasteiger partial charge on any atom is 0.422 e. The lowest BCUT2D eigenvalue weighted by Crippen LogP contribution is -2.50. The van der Waals surface area contributed by atoms with Crippen LogP contribution in [0.25, 0.3) is 0 Å². The lowest BCUT2D eigenvalue weighted by molar-refractivity contribution is -0.208. The van der Waals surface area contributed by atoms with Crippen LogP contribution in [-0.4, -0.2) is 38.6 Å². The molecule has 0 bridgehead atoms. The first-order valence-corrected chi connectivity index (χ1v) is 8.33. The molecule has 3 rings (SSSR count). The third-order valence-corrected chi connectivity index (χ3v) is 4.60. The van der Waals surface area contributed by atoms with Crippen LogP contribution < -0.4 is 4.74 Å². The van der Waals surface area contributed by atoms with E-state index in [0.717, 1.165) is 29.2 Å². The maximum absolute atomic E-state index is 15.0. The number of alkyl halides is 5. The van der Waals surface area contributed by atoms with Gasteiger partial charge in [-0.25, -0.2) is 18.4 Å². The number of aromatic nitrogens is 3. The minimum absolute atomic E-state index is 0.247. The third-order valence-electron chi connectivity index (χ3n) is 4.29. The Morgan fingerprint density at radius 3 is 2.44 bits per heavy atom. The maximum atomic E-state index is 15.0. The van der Waals surface area contributed by atoms with Crippen LogP contribution in [-0.2, 0) is 12.1 Å². The fourth-order valence-electron chi connectivity index (χ4n) is 2.79. The van der Waals surface area contributed by atoms with Crippen molar-refractivity contribution in [1.29, 1.82) is 0 Å². The van der Waals surface area contributed by atoms with E-state index >= 15 is 0 Å². The highest BCUT2D eigenvalue weighted by Crippen LogP contribution is 2.54. The van der Waals surface area contributed by atoms with Crippen LogP contribution in [0, 0.1) is 5.92 Å². The molecule has 0 spiro atoms. The number of hydrogen-bond acceptors (Lipinski definition) is 4. The van der Waals surface area contributed by atoms with Crippen molar-refractivity contribution in [2.75, 3.05) is 6.61 Å². The summed E-state index contributed by atoms with van der Waals surface area (Å²) in [7, 11) is 0. The Morgan fingerprint density at radius 2 is 1.93 bits per heavy atom. The Labute approximate surface area is 155 Å². The summed E-state index contributed by atoms with van der Waals surface area (Å²) in [5.74, 6) is -4.81. The van der Waals surface area contributed by atoms with Crippen molar-refractivity contribution in [1.82, 2.24) is 14.8 Å². The van der Waals surface area contributed by atoms with Gasteiger partial charge in [-0.1, -0.05) is 17.7 Å². The predicted octanol–water partition coefficient (Wildman–Crippen LogP) is 3.81. The SMILES string of the molecule is OC(Cn1cncn1)(c1ccc(OCC(F)(F)F)cc1Cl)C(F)(F)C1CC1. The van der Waals surface area contributed by atoms with Gasteiger partial charge in [0.25, 0.3) is 5.92 Å². The molecule has 0 radical (unpaired) electrons. The van der Waals surface area contributed by atoms with Gasteiger partial charge >= 0.3 is 6.18 Å². The van der Waals surface area contributed by atoms with Crippen molar-refractivity contribution in [3.05, 3.63) is 41.4 Å². The van der Waals surface area contributed by atoms with Crippen LogP contribution in [0.5, 0.6) is 5.75 Å². The smallest absolute Gasteiger partial charge is 0.422 e. The van der Waals surface area contributed by atoms with Gasteiger partial charge in [0.2, 0.25) is 0 Å². The van der Waals surface area contributed by atoms with Gasteiger partial charge in [-0.2, -0.15) is 18.3 Å². The van der Waals surface area contributed by atoms with E-state index in [1.165, 1.54) is 6.33 Å². The average molecular weight is 412 g/mol. The summed E-state index contributed by atoms with van der Waals surface area (Å²) in [6.07, 6.45) is -1.76. The van der Waals surface area contributed by atoms with Gasteiger partial charge < -0.3 is 9.84 Å². The first kappa shape index (κ1) is 19.8. The Bertz CT molecular complexity index is 796. The Hall–Kier alpha value is -1.94. The zero-order chi connectivity index (χ0) is 19.9. The predicted molar refractivity (Wildman–Crippen MR) is 84.6 cm³/mol. The summed E-state index contributed by atoms with van der Waals surface area (Å²) in [5.41, 5.74) is -3.04. The largest absolute Gasteiger partial charge is 0.484 e. The van der Waals surface area contributed by atoms with Crippen LogP contribution in [0.15, 0.2) is 30.9 Å². The molecule has 148 valence electrons. The van der Waals surface area contributed by atoms with Gasteiger partial charge in [0.05, 0.1) is 11.6 Å². The second kappa shape index (κ2) is 6.90. The van der Waals surface area contributed by atoms with Crippen LogP contribution in [0.4, 0.5) is 22.0 Å². The second-order valence-electron chi connectivity index (χ2n) is 6.40. The molecule has 0 saturated heterocycles. The second-order valence-corrected chi connectivity index (χ2v) is 6.80. The van der Waals surface area contributed by atoms with Crippen LogP contribution in [0.1, 0.15) is 18.4 Å². The number of rotatable bonds is 7. The van der Waals surface area contributed by atoms with Crippen molar-refractivity contribution in [2.24, 2.45) is 5.92 Å². The standard InChI is InChI=1S/C16H15ClF5N3O2/c17-13-5-11(27-7-15(18,19)20)3-4-12(13)14(26,6-25-9-23-8-24-25)16(21,22)10-1-2-10/h3-5,8-10,26H,1-2,6-7H2. The van der Waals surface area contributed by atoms with Crippen molar-refractivity contribution >= 4 is 11.6 Å². The highest BCUT2D eigenvalue weighted by Gasteiger charge is 2.62. The number of nitrogens with zero attached hydrogens (tertiary/aromatic N) is 3.